The number of anilines is 1. The number of aromatic nitrogens is 1. The highest BCUT2D eigenvalue weighted by atomic mass is 35.5. The van der Waals surface area contributed by atoms with Crippen LogP contribution in [0, 0.1) is 0 Å². The van der Waals surface area contributed by atoms with Crippen molar-refractivity contribution >= 4 is 17.4 Å². The van der Waals surface area contributed by atoms with E-state index in [1.807, 2.05) is 19.2 Å². The third-order valence-electron chi connectivity index (χ3n) is 2.87. The Labute approximate surface area is 102 Å². The molecule has 2 rings (SSSR count). The molecule has 1 aliphatic rings. The van der Waals surface area contributed by atoms with E-state index in [2.05, 4.69) is 22.1 Å². The van der Waals surface area contributed by atoms with E-state index in [9.17, 15) is 0 Å². The number of hydrogen-bond donors (Lipinski definition) is 1. The van der Waals surface area contributed by atoms with Gasteiger partial charge in [-0.3, -0.25) is 0 Å². The van der Waals surface area contributed by atoms with Crippen LogP contribution in [0.3, 0.4) is 0 Å². The summed E-state index contributed by atoms with van der Waals surface area (Å²) in [6.45, 7) is 3.90. The van der Waals surface area contributed by atoms with Crippen LogP contribution >= 0.6 is 11.6 Å². The summed E-state index contributed by atoms with van der Waals surface area (Å²) in [5, 5.41) is 3.83. The van der Waals surface area contributed by atoms with Crippen LogP contribution in [0.1, 0.15) is 25.5 Å². The molecule has 1 aliphatic carbocycles. The van der Waals surface area contributed by atoms with Gasteiger partial charge in [0.2, 0.25) is 0 Å². The molecule has 0 radical (unpaired) electrons. The van der Waals surface area contributed by atoms with Gasteiger partial charge in [0.05, 0.1) is 10.7 Å². The second-order valence-corrected chi connectivity index (χ2v) is 4.55. The second-order valence-electron chi connectivity index (χ2n) is 4.15. The molecule has 0 saturated heterocycles. The fraction of sp³-hybridized carbons (Fsp3) is 0.583. The van der Waals surface area contributed by atoms with Gasteiger partial charge in [0.15, 0.2) is 0 Å². The standard InChI is InChI=1S/C12H18ClN3/c1-3-16(9-4-5-9)12-7-6-10(13)11(15-12)8-14-2/h6-7,9,14H,3-5,8H2,1-2H3. The highest BCUT2D eigenvalue weighted by molar-refractivity contribution is 6.31. The van der Waals surface area contributed by atoms with Crippen molar-refractivity contribution < 1.29 is 0 Å². The first-order valence-electron chi connectivity index (χ1n) is 5.83. The maximum Gasteiger partial charge on any atom is 0.129 e. The SMILES string of the molecule is CCN(c1ccc(Cl)c(CNC)n1)C1CC1. The predicted molar refractivity (Wildman–Crippen MR) is 68.1 cm³/mol. The monoisotopic (exact) mass is 239 g/mol. The van der Waals surface area contributed by atoms with Crippen molar-refractivity contribution in [3.63, 3.8) is 0 Å². The van der Waals surface area contributed by atoms with Crippen LogP contribution in [0.2, 0.25) is 5.02 Å². The maximum absolute atomic E-state index is 6.10. The molecule has 1 aromatic rings. The van der Waals surface area contributed by atoms with Crippen molar-refractivity contribution in [1.29, 1.82) is 0 Å². The maximum atomic E-state index is 6.10. The highest BCUT2D eigenvalue weighted by Gasteiger charge is 2.28. The molecule has 0 spiro atoms. The summed E-state index contributed by atoms with van der Waals surface area (Å²) in [6.07, 6.45) is 2.58. The van der Waals surface area contributed by atoms with Gasteiger partial charge in [0.25, 0.3) is 0 Å². The minimum atomic E-state index is 0.695. The zero-order valence-electron chi connectivity index (χ0n) is 9.83. The van der Waals surface area contributed by atoms with Crippen molar-refractivity contribution in [3.05, 3.63) is 22.8 Å². The lowest BCUT2D eigenvalue weighted by molar-refractivity contribution is 0.767. The molecule has 1 heterocycles. The van der Waals surface area contributed by atoms with Crippen LogP contribution in [0.15, 0.2) is 12.1 Å². The first kappa shape index (κ1) is 11.7. The number of nitrogens with one attached hydrogen (secondary N) is 1. The summed E-state index contributed by atoms with van der Waals surface area (Å²) in [5.74, 6) is 1.06. The van der Waals surface area contributed by atoms with Crippen molar-refractivity contribution in [1.82, 2.24) is 10.3 Å². The van der Waals surface area contributed by atoms with E-state index in [0.29, 0.717) is 6.04 Å². The van der Waals surface area contributed by atoms with Gasteiger partial charge < -0.3 is 10.2 Å². The Morgan fingerprint density at radius 2 is 2.25 bits per heavy atom. The van der Waals surface area contributed by atoms with E-state index in [0.717, 1.165) is 29.6 Å². The number of rotatable bonds is 5. The molecule has 1 N–H and O–H groups in total. The van der Waals surface area contributed by atoms with Crippen molar-refractivity contribution in [2.75, 3.05) is 18.5 Å². The Kier molecular flexibility index (Phi) is 3.66. The third-order valence-corrected chi connectivity index (χ3v) is 3.21. The van der Waals surface area contributed by atoms with Gasteiger partial charge in [-0.15, -0.1) is 0 Å². The molecule has 0 aromatic carbocycles. The summed E-state index contributed by atoms with van der Waals surface area (Å²) in [5.41, 5.74) is 0.931. The smallest absolute Gasteiger partial charge is 0.129 e. The fourth-order valence-corrected chi connectivity index (χ4v) is 2.09. The molecule has 4 heteroatoms. The summed E-state index contributed by atoms with van der Waals surface area (Å²) in [7, 11) is 1.91. The molecular weight excluding hydrogens is 222 g/mol. The molecule has 88 valence electrons. The summed E-state index contributed by atoms with van der Waals surface area (Å²) in [4.78, 5) is 6.98. The Morgan fingerprint density at radius 1 is 1.50 bits per heavy atom. The van der Waals surface area contributed by atoms with Gasteiger partial charge in [-0.05, 0) is 38.9 Å². The van der Waals surface area contributed by atoms with Crippen molar-refractivity contribution in [2.45, 2.75) is 32.4 Å². The number of hydrogen-bond acceptors (Lipinski definition) is 3. The molecule has 0 unspecified atom stereocenters. The highest BCUT2D eigenvalue weighted by Crippen LogP contribution is 2.31. The van der Waals surface area contributed by atoms with E-state index in [1.165, 1.54) is 12.8 Å². The summed E-state index contributed by atoms with van der Waals surface area (Å²) in [6, 6.07) is 4.66. The van der Waals surface area contributed by atoms with Crippen molar-refractivity contribution in [3.8, 4) is 0 Å². The van der Waals surface area contributed by atoms with Gasteiger partial charge in [0.1, 0.15) is 5.82 Å². The van der Waals surface area contributed by atoms with Crippen molar-refractivity contribution in [2.24, 2.45) is 0 Å². The van der Waals surface area contributed by atoms with Crippen LogP contribution in [0.25, 0.3) is 0 Å². The molecule has 0 atom stereocenters. The Morgan fingerprint density at radius 3 is 2.81 bits per heavy atom. The average Bonchev–Trinajstić information content (AvgIpc) is 3.08. The molecular formula is C12H18ClN3. The van der Waals surface area contributed by atoms with Crippen LogP contribution in [0.5, 0.6) is 0 Å². The lowest BCUT2D eigenvalue weighted by atomic mass is 10.3. The first-order valence-corrected chi connectivity index (χ1v) is 6.20. The van der Waals surface area contributed by atoms with Crippen LogP contribution < -0.4 is 10.2 Å². The van der Waals surface area contributed by atoms with Gasteiger partial charge in [-0.2, -0.15) is 0 Å². The normalized spacial score (nSPS) is 15.2. The molecule has 0 bridgehead atoms. The summed E-state index contributed by atoms with van der Waals surface area (Å²) >= 11 is 6.10. The zero-order chi connectivity index (χ0) is 11.5. The van der Waals surface area contributed by atoms with Crippen LogP contribution in [-0.2, 0) is 6.54 Å². The Bertz CT molecular complexity index is 363. The van der Waals surface area contributed by atoms with E-state index >= 15 is 0 Å². The average molecular weight is 240 g/mol. The molecule has 16 heavy (non-hydrogen) atoms. The van der Waals surface area contributed by atoms with E-state index in [1.54, 1.807) is 0 Å². The Balaban J connectivity index is 2.22. The minimum Gasteiger partial charge on any atom is -0.354 e. The van der Waals surface area contributed by atoms with Crippen LogP contribution in [-0.4, -0.2) is 24.6 Å². The van der Waals surface area contributed by atoms with E-state index < -0.39 is 0 Å². The quantitative estimate of drug-likeness (QED) is 0.856. The minimum absolute atomic E-state index is 0.695. The number of nitrogens with zero attached hydrogens (tertiary/aromatic N) is 2. The molecule has 0 aliphatic heterocycles. The Hall–Kier alpha value is -0.800. The molecule has 1 fully saturated rings. The summed E-state index contributed by atoms with van der Waals surface area (Å²) < 4.78 is 0. The zero-order valence-corrected chi connectivity index (χ0v) is 10.6. The predicted octanol–water partition coefficient (Wildman–Crippen LogP) is 2.44. The van der Waals surface area contributed by atoms with Gasteiger partial charge in [-0.1, -0.05) is 11.6 Å². The van der Waals surface area contributed by atoms with E-state index in [-0.39, 0.29) is 0 Å². The van der Waals surface area contributed by atoms with Gasteiger partial charge in [-0.25, -0.2) is 4.98 Å². The van der Waals surface area contributed by atoms with E-state index in [4.69, 9.17) is 11.6 Å². The number of halogens is 1. The first-order chi connectivity index (χ1) is 7.76. The largest absolute Gasteiger partial charge is 0.354 e. The lowest BCUT2D eigenvalue weighted by Crippen LogP contribution is -2.26. The lowest BCUT2D eigenvalue weighted by Gasteiger charge is -2.22. The fourth-order valence-electron chi connectivity index (χ4n) is 1.92. The second kappa shape index (κ2) is 5.02. The number of pyridine rings is 1. The molecule has 1 aromatic heterocycles. The van der Waals surface area contributed by atoms with Crippen LogP contribution in [0.4, 0.5) is 5.82 Å². The molecule has 0 amide bonds. The van der Waals surface area contributed by atoms with Gasteiger partial charge >= 0.3 is 0 Å². The molecule has 1 saturated carbocycles. The topological polar surface area (TPSA) is 28.2 Å². The third kappa shape index (κ3) is 2.47. The van der Waals surface area contributed by atoms with Gasteiger partial charge in [0, 0.05) is 19.1 Å². The molecule has 3 nitrogen and oxygen atoms in total.